The number of carbonyl (C=O) groups is 3. The number of benzene rings is 5. The Morgan fingerprint density at radius 2 is 1.32 bits per heavy atom. The summed E-state index contributed by atoms with van der Waals surface area (Å²) in [5.41, 5.74) is 5.50. The van der Waals surface area contributed by atoms with Crippen LogP contribution in [0.2, 0.25) is 0 Å². The summed E-state index contributed by atoms with van der Waals surface area (Å²) in [6.45, 7) is 1.96. The van der Waals surface area contributed by atoms with Gasteiger partial charge in [-0.3, -0.25) is 14.4 Å². The van der Waals surface area contributed by atoms with Crippen LogP contribution in [-0.2, 0) is 9.59 Å². The van der Waals surface area contributed by atoms with E-state index in [1.165, 1.54) is 11.8 Å². The molecule has 47 heavy (non-hydrogen) atoms. The van der Waals surface area contributed by atoms with Crippen LogP contribution in [0.15, 0.2) is 144 Å². The normalized spacial score (nSPS) is 11.7. The molecule has 0 aliphatic rings. The Hall–Kier alpha value is -5.60. The third-order valence-electron chi connectivity index (χ3n) is 7.36. The van der Waals surface area contributed by atoms with Crippen LogP contribution in [0.1, 0.15) is 32.3 Å². The van der Waals surface area contributed by atoms with Crippen molar-refractivity contribution in [2.75, 3.05) is 29.6 Å². The van der Waals surface area contributed by atoms with Gasteiger partial charge in [0.05, 0.1) is 0 Å². The lowest BCUT2D eigenvalue weighted by Gasteiger charge is -2.18. The highest BCUT2D eigenvalue weighted by molar-refractivity contribution is 8.00. The minimum atomic E-state index is -0.502. The zero-order valence-electron chi connectivity index (χ0n) is 26.4. The van der Waals surface area contributed by atoms with Crippen molar-refractivity contribution in [1.82, 2.24) is 5.32 Å². The minimum absolute atomic E-state index is 0.104. The lowest BCUT2D eigenvalue weighted by atomic mass is 10.1. The first-order chi connectivity index (χ1) is 22.8. The maximum absolute atomic E-state index is 13.5. The van der Waals surface area contributed by atoms with E-state index in [1.807, 2.05) is 123 Å². The molecule has 0 spiro atoms. The van der Waals surface area contributed by atoms with Gasteiger partial charge in [0.1, 0.15) is 10.9 Å². The van der Waals surface area contributed by atoms with Gasteiger partial charge in [-0.05, 0) is 84.3 Å². The Bertz CT molecular complexity index is 1860. The van der Waals surface area contributed by atoms with E-state index in [-0.39, 0.29) is 17.5 Å². The highest BCUT2D eigenvalue weighted by atomic mass is 32.2. The van der Waals surface area contributed by atoms with Crippen molar-refractivity contribution < 1.29 is 14.4 Å². The molecule has 1 atom stereocenters. The highest BCUT2D eigenvalue weighted by Gasteiger charge is 2.23. The summed E-state index contributed by atoms with van der Waals surface area (Å²) in [5.74, 6) is -0.985. The summed E-state index contributed by atoms with van der Waals surface area (Å²) >= 11 is 1.42. The van der Waals surface area contributed by atoms with Crippen molar-refractivity contribution in [3.05, 3.63) is 161 Å². The fourth-order valence-electron chi connectivity index (χ4n) is 4.74. The Labute approximate surface area is 279 Å². The van der Waals surface area contributed by atoms with Gasteiger partial charge in [0.2, 0.25) is 5.91 Å². The van der Waals surface area contributed by atoms with E-state index >= 15 is 0 Å². The Kier molecular flexibility index (Phi) is 10.9. The molecule has 3 N–H and O–H groups in total. The average Bonchev–Trinajstić information content (AvgIpc) is 3.09. The van der Waals surface area contributed by atoms with Crippen molar-refractivity contribution >= 4 is 52.6 Å². The zero-order chi connectivity index (χ0) is 33.2. The van der Waals surface area contributed by atoms with Crippen LogP contribution in [0, 0.1) is 6.92 Å². The summed E-state index contributed by atoms with van der Waals surface area (Å²) < 4.78 is 0. The van der Waals surface area contributed by atoms with E-state index in [2.05, 4.69) is 16.0 Å². The van der Waals surface area contributed by atoms with Gasteiger partial charge in [-0.25, -0.2) is 0 Å². The van der Waals surface area contributed by atoms with Crippen LogP contribution < -0.4 is 20.9 Å². The molecule has 0 saturated carbocycles. The SMILES string of the molecule is Cc1ccccc1NC(=O)C(Sc1ccc(NC(=O)/C(=C/c2ccc(N(C)C)cc2)NC(=O)c2ccccc2)cc1)c1ccccc1. The first kappa shape index (κ1) is 32.8. The van der Waals surface area contributed by atoms with E-state index in [4.69, 9.17) is 0 Å². The number of hydrogen-bond donors (Lipinski definition) is 3. The molecule has 0 aliphatic carbocycles. The number of nitrogens with one attached hydrogen (secondary N) is 3. The van der Waals surface area contributed by atoms with Crippen molar-refractivity contribution in [1.29, 1.82) is 0 Å². The molecule has 1 unspecified atom stereocenters. The Morgan fingerprint density at radius 1 is 0.702 bits per heavy atom. The fourth-order valence-corrected chi connectivity index (χ4v) is 5.77. The third-order valence-corrected chi connectivity index (χ3v) is 8.63. The second-order valence-electron chi connectivity index (χ2n) is 11.1. The van der Waals surface area contributed by atoms with E-state index in [1.54, 1.807) is 42.5 Å². The van der Waals surface area contributed by atoms with E-state index in [0.717, 1.165) is 33.0 Å². The minimum Gasteiger partial charge on any atom is -0.378 e. The van der Waals surface area contributed by atoms with Gasteiger partial charge in [-0.2, -0.15) is 0 Å². The summed E-state index contributed by atoms with van der Waals surface area (Å²) in [7, 11) is 3.91. The van der Waals surface area contributed by atoms with E-state index in [9.17, 15) is 14.4 Å². The van der Waals surface area contributed by atoms with E-state index in [0.29, 0.717) is 11.3 Å². The van der Waals surface area contributed by atoms with Crippen LogP contribution in [0.3, 0.4) is 0 Å². The van der Waals surface area contributed by atoms with Crippen molar-refractivity contribution in [2.24, 2.45) is 0 Å². The molecule has 0 aliphatic heterocycles. The van der Waals surface area contributed by atoms with Gasteiger partial charge in [-0.15, -0.1) is 11.8 Å². The Balaban J connectivity index is 1.33. The molecule has 5 aromatic carbocycles. The maximum Gasteiger partial charge on any atom is 0.272 e. The standard InChI is InChI=1S/C39H36N4O3S/c1-27-12-10-11-17-34(27)41-39(46)36(29-13-6-4-7-14-29)47-33-24-20-31(21-25-33)40-38(45)35(42-37(44)30-15-8-5-9-16-30)26-28-18-22-32(23-19-28)43(2)3/h4-26,36H,1-3H3,(H,40,45)(H,41,46)(H,42,44)/b35-26-. The second kappa shape index (κ2) is 15.6. The molecule has 7 nitrogen and oxygen atoms in total. The number of rotatable bonds is 11. The van der Waals surface area contributed by atoms with Gasteiger partial charge >= 0.3 is 0 Å². The van der Waals surface area contributed by atoms with Gasteiger partial charge in [0.15, 0.2) is 0 Å². The fraction of sp³-hybridized carbons (Fsp3) is 0.103. The number of para-hydroxylation sites is 1. The maximum atomic E-state index is 13.5. The molecular weight excluding hydrogens is 605 g/mol. The molecular formula is C39H36N4O3S. The molecule has 236 valence electrons. The number of aryl methyl sites for hydroxylation is 1. The van der Waals surface area contributed by atoms with Crippen molar-refractivity contribution in [3.63, 3.8) is 0 Å². The topological polar surface area (TPSA) is 90.5 Å². The van der Waals surface area contributed by atoms with Crippen LogP contribution in [0.4, 0.5) is 17.1 Å². The predicted octanol–water partition coefficient (Wildman–Crippen LogP) is 7.94. The molecule has 0 saturated heterocycles. The molecule has 5 rings (SSSR count). The number of nitrogens with zero attached hydrogens (tertiary/aromatic N) is 1. The number of anilines is 3. The summed E-state index contributed by atoms with van der Waals surface area (Å²) in [6, 6.07) is 41.0. The first-order valence-corrected chi connectivity index (χ1v) is 16.0. The highest BCUT2D eigenvalue weighted by Crippen LogP contribution is 2.37. The number of amides is 3. The first-order valence-electron chi connectivity index (χ1n) is 15.1. The molecule has 0 fully saturated rings. The Morgan fingerprint density at radius 3 is 1.96 bits per heavy atom. The van der Waals surface area contributed by atoms with Crippen LogP contribution in [0.25, 0.3) is 6.08 Å². The summed E-state index contributed by atoms with van der Waals surface area (Å²) in [5, 5.41) is 8.26. The number of hydrogen-bond acceptors (Lipinski definition) is 5. The molecule has 0 bridgehead atoms. The quantitative estimate of drug-likeness (QED) is 0.101. The van der Waals surface area contributed by atoms with Gasteiger partial charge < -0.3 is 20.9 Å². The average molecular weight is 641 g/mol. The second-order valence-corrected chi connectivity index (χ2v) is 12.2. The lowest BCUT2D eigenvalue weighted by molar-refractivity contribution is -0.116. The van der Waals surface area contributed by atoms with Gasteiger partial charge in [0, 0.05) is 41.6 Å². The van der Waals surface area contributed by atoms with Crippen molar-refractivity contribution in [2.45, 2.75) is 17.1 Å². The monoisotopic (exact) mass is 640 g/mol. The van der Waals surface area contributed by atoms with E-state index < -0.39 is 11.2 Å². The number of thioether (sulfide) groups is 1. The zero-order valence-corrected chi connectivity index (χ0v) is 27.3. The van der Waals surface area contributed by atoms with Crippen LogP contribution in [0.5, 0.6) is 0 Å². The molecule has 8 heteroatoms. The van der Waals surface area contributed by atoms with Crippen LogP contribution in [-0.4, -0.2) is 31.8 Å². The molecule has 3 amide bonds. The third kappa shape index (κ3) is 8.99. The summed E-state index contributed by atoms with van der Waals surface area (Å²) in [6.07, 6.45) is 1.65. The number of carbonyl (C=O) groups excluding carboxylic acids is 3. The molecule has 0 heterocycles. The van der Waals surface area contributed by atoms with Crippen molar-refractivity contribution in [3.8, 4) is 0 Å². The largest absolute Gasteiger partial charge is 0.378 e. The predicted molar refractivity (Wildman–Crippen MR) is 193 cm³/mol. The van der Waals surface area contributed by atoms with Gasteiger partial charge in [0.25, 0.3) is 11.8 Å². The van der Waals surface area contributed by atoms with Gasteiger partial charge in [-0.1, -0.05) is 78.9 Å². The lowest BCUT2D eigenvalue weighted by Crippen LogP contribution is -2.30. The molecule has 0 radical (unpaired) electrons. The smallest absolute Gasteiger partial charge is 0.272 e. The summed E-state index contributed by atoms with van der Waals surface area (Å²) in [4.78, 5) is 42.9. The molecule has 5 aromatic rings. The van der Waals surface area contributed by atoms with Crippen LogP contribution >= 0.6 is 11.8 Å². The molecule has 0 aromatic heterocycles.